The van der Waals surface area contributed by atoms with Crippen molar-refractivity contribution in [2.24, 2.45) is 0 Å². The van der Waals surface area contributed by atoms with Gasteiger partial charge in [0, 0.05) is 20.9 Å². The first-order chi connectivity index (χ1) is 7.38. The maximum atomic E-state index is 2.51. The summed E-state index contributed by atoms with van der Waals surface area (Å²) >= 11 is 4.42. The standard InChI is InChI=1S/C13H18INS/c1-9-10-6-5-7-12(14)11(10)8-15(9)16-13(2,3)4/h5-7,9H,8H2,1-4H3/t9-/m0/s1. The second-order valence-electron chi connectivity index (χ2n) is 5.26. The summed E-state index contributed by atoms with van der Waals surface area (Å²) in [6.07, 6.45) is 0. The van der Waals surface area contributed by atoms with E-state index < -0.39 is 0 Å². The van der Waals surface area contributed by atoms with Gasteiger partial charge in [-0.15, -0.1) is 0 Å². The second-order valence-corrected chi connectivity index (χ2v) is 8.30. The Labute approximate surface area is 116 Å². The highest BCUT2D eigenvalue weighted by Gasteiger charge is 2.31. The molecule has 88 valence electrons. The molecule has 0 bridgehead atoms. The van der Waals surface area contributed by atoms with Crippen molar-refractivity contribution in [3.63, 3.8) is 0 Å². The van der Waals surface area contributed by atoms with E-state index in [9.17, 15) is 0 Å². The minimum atomic E-state index is 0.293. The fourth-order valence-corrected chi connectivity index (χ4v) is 3.90. The van der Waals surface area contributed by atoms with E-state index in [1.165, 1.54) is 14.7 Å². The average molecular weight is 347 g/mol. The maximum Gasteiger partial charge on any atom is 0.0431 e. The molecular weight excluding hydrogens is 329 g/mol. The molecule has 1 heterocycles. The summed E-state index contributed by atoms with van der Waals surface area (Å²) in [6, 6.07) is 7.18. The van der Waals surface area contributed by atoms with Crippen LogP contribution < -0.4 is 0 Å². The van der Waals surface area contributed by atoms with Gasteiger partial charge in [-0.25, -0.2) is 4.31 Å². The molecule has 0 spiro atoms. The summed E-state index contributed by atoms with van der Waals surface area (Å²) < 4.78 is 4.20. The van der Waals surface area contributed by atoms with Gasteiger partial charge in [0.2, 0.25) is 0 Å². The molecular formula is C13H18INS. The molecule has 1 aromatic carbocycles. The highest BCUT2D eigenvalue weighted by molar-refractivity contribution is 14.1. The van der Waals surface area contributed by atoms with Crippen LogP contribution in [0.4, 0.5) is 0 Å². The lowest BCUT2D eigenvalue weighted by atomic mass is 10.1. The molecule has 0 aliphatic carbocycles. The Morgan fingerprint density at radius 2 is 2.06 bits per heavy atom. The van der Waals surface area contributed by atoms with Gasteiger partial charge in [-0.1, -0.05) is 24.1 Å². The van der Waals surface area contributed by atoms with E-state index in [0.717, 1.165) is 6.54 Å². The Kier molecular flexibility index (Phi) is 3.57. The van der Waals surface area contributed by atoms with Crippen LogP contribution in [0.2, 0.25) is 0 Å². The lowest BCUT2D eigenvalue weighted by molar-refractivity contribution is 0.413. The molecule has 2 rings (SSSR count). The van der Waals surface area contributed by atoms with Gasteiger partial charge in [-0.05, 0) is 67.5 Å². The normalized spacial score (nSPS) is 21.2. The van der Waals surface area contributed by atoms with E-state index in [0.29, 0.717) is 10.8 Å². The largest absolute Gasteiger partial charge is 0.238 e. The molecule has 1 aromatic rings. The molecule has 0 fully saturated rings. The highest BCUT2D eigenvalue weighted by Crippen LogP contribution is 2.43. The summed E-state index contributed by atoms with van der Waals surface area (Å²) in [4.78, 5) is 0. The molecule has 1 aliphatic rings. The zero-order valence-corrected chi connectivity index (χ0v) is 13.2. The van der Waals surface area contributed by atoms with Gasteiger partial charge in [-0.3, -0.25) is 0 Å². The fraction of sp³-hybridized carbons (Fsp3) is 0.538. The number of halogens is 1. The molecule has 0 amide bonds. The first-order valence-electron chi connectivity index (χ1n) is 5.61. The predicted octanol–water partition coefficient (Wildman–Crippen LogP) is 4.61. The monoisotopic (exact) mass is 347 g/mol. The van der Waals surface area contributed by atoms with Gasteiger partial charge >= 0.3 is 0 Å². The molecule has 0 saturated carbocycles. The lowest BCUT2D eigenvalue weighted by Crippen LogP contribution is -2.20. The van der Waals surface area contributed by atoms with Crippen LogP contribution in [0.15, 0.2) is 18.2 Å². The van der Waals surface area contributed by atoms with Crippen LogP contribution in [-0.2, 0) is 6.54 Å². The fourth-order valence-electron chi connectivity index (χ4n) is 2.04. The third-order valence-corrected chi connectivity index (χ3v) is 4.98. The second kappa shape index (κ2) is 4.50. The van der Waals surface area contributed by atoms with E-state index in [-0.39, 0.29) is 0 Å². The summed E-state index contributed by atoms with van der Waals surface area (Å²) in [5.41, 5.74) is 3.02. The third-order valence-electron chi connectivity index (χ3n) is 2.74. The molecule has 3 heteroatoms. The van der Waals surface area contributed by atoms with E-state index in [1.54, 1.807) is 0 Å². The van der Waals surface area contributed by atoms with Crippen molar-refractivity contribution >= 4 is 34.5 Å². The van der Waals surface area contributed by atoms with E-state index in [4.69, 9.17) is 0 Å². The maximum absolute atomic E-state index is 2.51. The number of benzene rings is 1. The van der Waals surface area contributed by atoms with Gasteiger partial charge in [0.25, 0.3) is 0 Å². The Bertz CT molecular complexity index is 397. The summed E-state index contributed by atoms with van der Waals surface area (Å²) in [5, 5.41) is 0. The van der Waals surface area contributed by atoms with Gasteiger partial charge in [-0.2, -0.15) is 0 Å². The smallest absolute Gasteiger partial charge is 0.0431 e. The Morgan fingerprint density at radius 3 is 2.62 bits per heavy atom. The van der Waals surface area contributed by atoms with Crippen molar-refractivity contribution in [3.8, 4) is 0 Å². The Balaban J connectivity index is 2.24. The predicted molar refractivity (Wildman–Crippen MR) is 80.5 cm³/mol. The third kappa shape index (κ3) is 2.57. The van der Waals surface area contributed by atoms with E-state index in [2.05, 4.69) is 72.8 Å². The molecule has 0 aromatic heterocycles. The molecule has 0 radical (unpaired) electrons. The van der Waals surface area contributed by atoms with Crippen molar-refractivity contribution in [2.45, 2.75) is 45.0 Å². The molecule has 0 saturated heterocycles. The van der Waals surface area contributed by atoms with Crippen LogP contribution in [0, 0.1) is 3.57 Å². The minimum Gasteiger partial charge on any atom is -0.238 e. The lowest BCUT2D eigenvalue weighted by Gasteiger charge is -2.28. The quantitative estimate of drug-likeness (QED) is 0.539. The number of nitrogens with zero attached hydrogens (tertiary/aromatic N) is 1. The summed E-state index contributed by atoms with van der Waals surface area (Å²) in [5.74, 6) is 0. The van der Waals surface area contributed by atoms with Crippen molar-refractivity contribution in [3.05, 3.63) is 32.9 Å². The van der Waals surface area contributed by atoms with Gasteiger partial charge in [0.15, 0.2) is 0 Å². The van der Waals surface area contributed by atoms with Gasteiger partial charge in [0.1, 0.15) is 0 Å². The van der Waals surface area contributed by atoms with Crippen LogP contribution >= 0.6 is 34.5 Å². The zero-order chi connectivity index (χ0) is 11.9. The van der Waals surface area contributed by atoms with Crippen molar-refractivity contribution < 1.29 is 0 Å². The van der Waals surface area contributed by atoms with E-state index >= 15 is 0 Å². The average Bonchev–Trinajstić information content (AvgIpc) is 2.44. The van der Waals surface area contributed by atoms with Crippen molar-refractivity contribution in [2.75, 3.05) is 0 Å². The van der Waals surface area contributed by atoms with Gasteiger partial charge in [0.05, 0.1) is 0 Å². The molecule has 1 nitrogen and oxygen atoms in total. The van der Waals surface area contributed by atoms with Crippen LogP contribution in [0.1, 0.15) is 44.9 Å². The molecule has 0 unspecified atom stereocenters. The number of rotatable bonds is 1. The number of fused-ring (bicyclic) bond motifs is 1. The van der Waals surface area contributed by atoms with Gasteiger partial charge < -0.3 is 0 Å². The van der Waals surface area contributed by atoms with Crippen LogP contribution in [-0.4, -0.2) is 9.05 Å². The van der Waals surface area contributed by atoms with Crippen molar-refractivity contribution in [1.29, 1.82) is 0 Å². The summed E-state index contributed by atoms with van der Waals surface area (Å²) in [7, 11) is 0. The molecule has 1 aliphatic heterocycles. The number of hydrogen-bond acceptors (Lipinski definition) is 2. The highest BCUT2D eigenvalue weighted by atomic mass is 127. The summed E-state index contributed by atoms with van der Waals surface area (Å²) in [6.45, 7) is 10.2. The van der Waals surface area contributed by atoms with Crippen molar-refractivity contribution in [1.82, 2.24) is 4.31 Å². The molecule has 16 heavy (non-hydrogen) atoms. The molecule has 1 atom stereocenters. The van der Waals surface area contributed by atoms with E-state index in [1.807, 2.05) is 11.9 Å². The topological polar surface area (TPSA) is 3.24 Å². The molecule has 0 N–H and O–H groups in total. The Hall–Kier alpha value is 0.260. The first-order valence-corrected chi connectivity index (χ1v) is 7.47. The number of hydrogen-bond donors (Lipinski definition) is 0. The SMILES string of the molecule is C[C@H]1c2cccc(I)c2CN1SC(C)(C)C. The van der Waals surface area contributed by atoms with Crippen LogP contribution in [0.25, 0.3) is 0 Å². The van der Waals surface area contributed by atoms with Crippen LogP contribution in [0.3, 0.4) is 0 Å². The zero-order valence-electron chi connectivity index (χ0n) is 10.2. The Morgan fingerprint density at radius 1 is 1.38 bits per heavy atom. The van der Waals surface area contributed by atoms with Crippen LogP contribution in [0.5, 0.6) is 0 Å². The first kappa shape index (κ1) is 12.7. The minimum absolute atomic E-state index is 0.293.